The summed E-state index contributed by atoms with van der Waals surface area (Å²) in [5.74, 6) is 2.60. The van der Waals surface area contributed by atoms with E-state index in [1.54, 1.807) is 13.0 Å². The van der Waals surface area contributed by atoms with Gasteiger partial charge in [0.25, 0.3) is 0 Å². The van der Waals surface area contributed by atoms with Gasteiger partial charge in [-0.2, -0.15) is 21.0 Å². The van der Waals surface area contributed by atoms with Crippen molar-refractivity contribution in [1.29, 1.82) is 0 Å². The molecule has 0 aromatic heterocycles. The lowest BCUT2D eigenvalue weighted by molar-refractivity contribution is 0.438. The minimum Gasteiger partial charge on any atom is -0.358 e. The van der Waals surface area contributed by atoms with Crippen LogP contribution in [0.1, 0.15) is 16.7 Å². The summed E-state index contributed by atoms with van der Waals surface area (Å²) in [4.78, 5) is 0. The van der Waals surface area contributed by atoms with E-state index in [1.165, 1.54) is 6.07 Å². The minimum absolute atomic E-state index is 0.109. The molecule has 0 saturated heterocycles. The number of rotatable bonds is 3. The molecule has 16 heavy (non-hydrogen) atoms. The highest BCUT2D eigenvalue weighted by Gasteiger charge is 2.14. The van der Waals surface area contributed by atoms with E-state index in [9.17, 15) is 12.3 Å². The lowest BCUT2D eigenvalue weighted by Gasteiger charge is -2.08. The van der Waals surface area contributed by atoms with Crippen molar-refractivity contribution < 1.29 is 16.5 Å². The van der Waals surface area contributed by atoms with Gasteiger partial charge >= 0.3 is 10.5 Å². The summed E-state index contributed by atoms with van der Waals surface area (Å²) in [7, 11) is -5.04. The van der Waals surface area contributed by atoms with Crippen molar-refractivity contribution in [3.05, 3.63) is 28.8 Å². The summed E-state index contributed by atoms with van der Waals surface area (Å²) in [6, 6.07) is 3.06. The topological polar surface area (TPSA) is 43.4 Å². The van der Waals surface area contributed by atoms with Crippen molar-refractivity contribution >= 4 is 23.1 Å². The highest BCUT2D eigenvalue weighted by molar-refractivity contribution is 7.81. The van der Waals surface area contributed by atoms with Crippen LogP contribution in [-0.2, 0) is 16.3 Å². The zero-order valence-electron chi connectivity index (χ0n) is 8.40. The molecule has 86 valence electrons. The molecule has 0 bridgehead atoms. The van der Waals surface area contributed by atoms with Crippen LogP contribution in [-0.4, -0.2) is 8.42 Å². The molecule has 0 aliphatic rings. The minimum atomic E-state index is -5.04. The van der Waals surface area contributed by atoms with Crippen molar-refractivity contribution in [2.45, 2.75) is 12.7 Å². The lowest BCUT2D eigenvalue weighted by Crippen LogP contribution is -2.04. The number of hydrogen-bond acceptors (Lipinski definition) is 4. The molecule has 0 N–H and O–H groups in total. The molecule has 1 rings (SSSR count). The Morgan fingerprint density at radius 3 is 2.62 bits per heavy atom. The third kappa shape index (κ3) is 3.15. The van der Waals surface area contributed by atoms with Crippen LogP contribution in [0.3, 0.4) is 0 Å². The molecular formula is C10H9FO3S2. The Balaban J connectivity index is 3.33. The maximum absolute atomic E-state index is 12.4. The van der Waals surface area contributed by atoms with Crippen LogP contribution in [0.25, 0.3) is 0 Å². The first-order valence-electron chi connectivity index (χ1n) is 4.22. The van der Waals surface area contributed by atoms with Gasteiger partial charge in [0.15, 0.2) is 0 Å². The van der Waals surface area contributed by atoms with Crippen molar-refractivity contribution in [3.8, 4) is 18.1 Å². The van der Waals surface area contributed by atoms with Gasteiger partial charge < -0.3 is 4.18 Å². The molecule has 3 nitrogen and oxygen atoms in total. The monoisotopic (exact) mass is 260 g/mol. The van der Waals surface area contributed by atoms with Crippen LogP contribution in [0.4, 0.5) is 3.89 Å². The average molecular weight is 260 g/mol. The summed E-state index contributed by atoms with van der Waals surface area (Å²) in [6.07, 6.45) is 5.23. The number of terminal acetylenes is 1. The molecule has 1 aromatic rings. The highest BCUT2D eigenvalue weighted by Crippen LogP contribution is 2.26. The Morgan fingerprint density at radius 1 is 1.56 bits per heavy atom. The van der Waals surface area contributed by atoms with E-state index >= 15 is 0 Å². The Labute approximate surface area is 99.5 Å². The van der Waals surface area contributed by atoms with E-state index in [2.05, 4.69) is 22.7 Å². The maximum Gasteiger partial charge on any atom is 0.488 e. The molecule has 0 atom stereocenters. The first kappa shape index (κ1) is 12.9. The normalized spacial score (nSPS) is 10.9. The van der Waals surface area contributed by atoms with Crippen LogP contribution < -0.4 is 4.18 Å². The van der Waals surface area contributed by atoms with Crippen LogP contribution in [0.15, 0.2) is 12.1 Å². The fourth-order valence-corrected chi connectivity index (χ4v) is 1.75. The van der Waals surface area contributed by atoms with Gasteiger partial charge in [-0.25, -0.2) is 0 Å². The van der Waals surface area contributed by atoms with Gasteiger partial charge in [-0.1, -0.05) is 9.81 Å². The third-order valence-electron chi connectivity index (χ3n) is 1.95. The SMILES string of the molecule is C#Cc1cc(CS)cc(OS(=O)(=O)F)c1C. The van der Waals surface area contributed by atoms with Gasteiger partial charge in [0.1, 0.15) is 5.75 Å². The van der Waals surface area contributed by atoms with Crippen molar-refractivity contribution in [2.24, 2.45) is 0 Å². The van der Waals surface area contributed by atoms with Crippen LogP contribution in [0.2, 0.25) is 0 Å². The van der Waals surface area contributed by atoms with Gasteiger partial charge in [0, 0.05) is 16.9 Å². The molecule has 1 aromatic carbocycles. The second-order valence-electron chi connectivity index (χ2n) is 3.05. The van der Waals surface area contributed by atoms with Crippen LogP contribution in [0.5, 0.6) is 5.75 Å². The predicted octanol–water partition coefficient (Wildman–Crippen LogP) is 2.00. The second-order valence-corrected chi connectivity index (χ2v) is 4.31. The molecule has 0 aliphatic heterocycles. The molecule has 0 unspecified atom stereocenters. The molecule has 0 saturated carbocycles. The summed E-state index contributed by atoms with van der Waals surface area (Å²) in [6.45, 7) is 1.55. The van der Waals surface area contributed by atoms with Crippen LogP contribution in [0, 0.1) is 19.3 Å². The van der Waals surface area contributed by atoms with Gasteiger partial charge in [-0.05, 0) is 24.6 Å². The zero-order valence-corrected chi connectivity index (χ0v) is 10.1. The highest BCUT2D eigenvalue weighted by atomic mass is 32.3. The summed E-state index contributed by atoms with van der Waals surface area (Å²) in [5, 5.41) is 0. The van der Waals surface area contributed by atoms with Crippen LogP contribution >= 0.6 is 12.6 Å². The van der Waals surface area contributed by atoms with Crippen molar-refractivity contribution in [3.63, 3.8) is 0 Å². The first-order chi connectivity index (χ1) is 7.37. The molecule has 0 fully saturated rings. The predicted molar refractivity (Wildman–Crippen MR) is 62.5 cm³/mol. The lowest BCUT2D eigenvalue weighted by atomic mass is 10.1. The van der Waals surface area contributed by atoms with Crippen molar-refractivity contribution in [1.82, 2.24) is 0 Å². The summed E-state index contributed by atoms with van der Waals surface area (Å²) >= 11 is 4.02. The van der Waals surface area contributed by atoms with Crippen molar-refractivity contribution in [2.75, 3.05) is 0 Å². The molecule has 0 heterocycles. The zero-order chi connectivity index (χ0) is 12.3. The molecular weight excluding hydrogens is 251 g/mol. The van der Waals surface area contributed by atoms with Gasteiger partial charge in [-0.3, -0.25) is 0 Å². The smallest absolute Gasteiger partial charge is 0.358 e. The molecule has 0 amide bonds. The molecule has 0 spiro atoms. The van der Waals surface area contributed by atoms with Gasteiger partial charge in [0.05, 0.1) is 0 Å². The first-order valence-corrected chi connectivity index (χ1v) is 6.16. The standard InChI is InChI=1S/C10H9FO3S2/c1-3-9-4-8(6-15)5-10(7(9)2)14-16(11,12)13/h1,4-5,15H,6H2,2H3. The summed E-state index contributed by atoms with van der Waals surface area (Å²) in [5.41, 5.74) is 1.50. The fourth-order valence-electron chi connectivity index (χ4n) is 1.18. The second kappa shape index (κ2) is 4.76. The number of benzene rings is 1. The molecule has 6 heteroatoms. The number of hydrogen-bond donors (Lipinski definition) is 1. The third-order valence-corrected chi connectivity index (χ3v) is 2.69. The summed E-state index contributed by atoms with van der Waals surface area (Å²) < 4.78 is 37.4. The van der Waals surface area contributed by atoms with E-state index in [1.807, 2.05) is 0 Å². The fraction of sp³-hybridized carbons (Fsp3) is 0.200. The Morgan fingerprint density at radius 2 is 2.19 bits per heavy atom. The average Bonchev–Trinajstić information content (AvgIpc) is 2.19. The Bertz CT molecular complexity index is 544. The van der Waals surface area contributed by atoms with Gasteiger partial charge in [-0.15, -0.1) is 6.42 Å². The van der Waals surface area contributed by atoms with E-state index in [4.69, 9.17) is 6.42 Å². The molecule has 0 aliphatic carbocycles. The maximum atomic E-state index is 12.4. The van der Waals surface area contributed by atoms with E-state index in [-0.39, 0.29) is 5.75 Å². The van der Waals surface area contributed by atoms with Gasteiger partial charge in [0.2, 0.25) is 0 Å². The van der Waals surface area contributed by atoms with E-state index in [0.717, 1.165) is 0 Å². The number of halogens is 1. The van der Waals surface area contributed by atoms with E-state index in [0.29, 0.717) is 22.4 Å². The molecule has 0 radical (unpaired) electrons. The number of thiol groups is 1. The Hall–Kier alpha value is -1.19. The largest absolute Gasteiger partial charge is 0.488 e. The quantitative estimate of drug-likeness (QED) is 0.513. The Kier molecular flexibility index (Phi) is 3.83. The van der Waals surface area contributed by atoms with E-state index < -0.39 is 10.5 Å².